The smallest absolute Gasteiger partial charge is 0.373 e. The molecule has 0 fully saturated rings. The van der Waals surface area contributed by atoms with Crippen LogP contribution in [0.25, 0.3) is 21.7 Å². The van der Waals surface area contributed by atoms with Crippen molar-refractivity contribution in [2.24, 2.45) is 0 Å². The van der Waals surface area contributed by atoms with E-state index >= 15 is 0 Å². The minimum Gasteiger partial charge on any atom is -0.373 e. The average molecular weight is 668 g/mol. The van der Waals surface area contributed by atoms with Crippen molar-refractivity contribution in [3.05, 3.63) is 80.9 Å². The van der Waals surface area contributed by atoms with Crippen LogP contribution in [0.1, 0.15) is 69.3 Å². The minimum atomic E-state index is -4.32. The van der Waals surface area contributed by atoms with Gasteiger partial charge in [0, 0.05) is 29.8 Å². The Morgan fingerprint density at radius 2 is 1.52 bits per heavy atom. The van der Waals surface area contributed by atoms with Gasteiger partial charge in [-0.25, -0.2) is 22.1 Å². The number of ether oxygens (including phenoxy) is 1. The van der Waals surface area contributed by atoms with Crippen LogP contribution in [0.15, 0.2) is 35.1 Å². The van der Waals surface area contributed by atoms with Gasteiger partial charge in [0.2, 0.25) is 0 Å². The summed E-state index contributed by atoms with van der Waals surface area (Å²) in [4.78, 5) is 30.7. The van der Waals surface area contributed by atoms with Crippen LogP contribution in [0.2, 0.25) is 0 Å². The zero-order chi connectivity index (χ0) is 33.9. The lowest BCUT2D eigenvalue weighted by molar-refractivity contribution is -0.00625. The Morgan fingerprint density at radius 1 is 0.957 bits per heavy atom. The standard InChI is InChI=1S/C31H34F4N3O7P/c1-30(2,3)44-46(41,45-31(4,5)6)43-15-38-24-12-22(35)19(32)8-16(24)9-25(38)29(40)37(7)26-14-42-13-23-27(26)17-10-20(33)21(34)11-18(17)28(39)36-23/h8-12,26H,13-15H2,1-7H3,(H,36,39). The van der Waals surface area contributed by atoms with E-state index in [0.717, 1.165) is 24.3 Å². The highest BCUT2D eigenvalue weighted by Gasteiger charge is 2.38. The molecule has 15 heteroatoms. The number of benzene rings is 2. The second kappa shape index (κ2) is 11.9. The van der Waals surface area contributed by atoms with E-state index in [2.05, 4.69) is 4.98 Å². The molecule has 0 radical (unpaired) electrons. The van der Waals surface area contributed by atoms with Gasteiger partial charge in [-0.2, -0.15) is 0 Å². The number of aromatic amines is 1. The Balaban J connectivity index is 1.59. The van der Waals surface area contributed by atoms with E-state index in [1.165, 1.54) is 22.6 Å². The lowest BCUT2D eigenvalue weighted by Crippen LogP contribution is -2.38. The van der Waals surface area contributed by atoms with Gasteiger partial charge in [0.15, 0.2) is 23.3 Å². The van der Waals surface area contributed by atoms with E-state index in [0.29, 0.717) is 5.56 Å². The molecular weight excluding hydrogens is 633 g/mol. The van der Waals surface area contributed by atoms with Crippen molar-refractivity contribution in [1.29, 1.82) is 0 Å². The molecule has 1 N–H and O–H groups in total. The summed E-state index contributed by atoms with van der Waals surface area (Å²) in [5, 5.41) is 0.112. The van der Waals surface area contributed by atoms with Crippen LogP contribution in [0, 0.1) is 23.3 Å². The van der Waals surface area contributed by atoms with Gasteiger partial charge in [-0.1, -0.05) is 0 Å². The number of aromatic nitrogens is 2. The SMILES string of the molecule is CN(C(=O)c1cc2cc(F)c(F)cc2n1COP(=O)(OC(C)(C)C)OC(C)(C)C)C1COCc2[nH]c(=O)c3cc(F)c(F)cc3c21. The van der Waals surface area contributed by atoms with E-state index < -0.39 is 66.5 Å². The molecule has 0 saturated heterocycles. The molecule has 0 saturated carbocycles. The predicted octanol–water partition coefficient (Wildman–Crippen LogP) is 7.10. The van der Waals surface area contributed by atoms with Gasteiger partial charge in [0.1, 0.15) is 12.4 Å². The quantitative estimate of drug-likeness (QED) is 0.165. The maximum absolute atomic E-state index is 14.5. The number of fused-ring (bicyclic) bond motifs is 4. The molecule has 2 aromatic heterocycles. The Hall–Kier alpha value is -3.55. The third-order valence-electron chi connectivity index (χ3n) is 7.11. The molecule has 1 aliphatic heterocycles. The van der Waals surface area contributed by atoms with Gasteiger partial charge in [-0.05, 0) is 71.2 Å². The van der Waals surface area contributed by atoms with Crippen molar-refractivity contribution in [3.8, 4) is 0 Å². The minimum absolute atomic E-state index is 0.0429. The van der Waals surface area contributed by atoms with E-state index in [4.69, 9.17) is 18.3 Å². The number of H-pyrrole nitrogens is 1. The van der Waals surface area contributed by atoms with Crippen LogP contribution in [0.5, 0.6) is 0 Å². The third kappa shape index (κ3) is 6.77. The van der Waals surface area contributed by atoms with E-state index in [1.807, 2.05) is 0 Å². The maximum atomic E-state index is 14.5. The number of nitrogens with zero attached hydrogens (tertiary/aromatic N) is 2. The van der Waals surface area contributed by atoms with Crippen LogP contribution in [0.3, 0.4) is 0 Å². The molecule has 5 rings (SSSR count). The summed E-state index contributed by atoms with van der Waals surface area (Å²) in [6.07, 6.45) is 0. The molecule has 1 unspecified atom stereocenters. The number of likely N-dealkylation sites (N-methyl/N-ethyl adjacent to an activating group) is 1. The molecule has 2 aromatic carbocycles. The summed E-state index contributed by atoms with van der Waals surface area (Å²) >= 11 is 0. The summed E-state index contributed by atoms with van der Waals surface area (Å²) < 4.78 is 95.0. The summed E-state index contributed by atoms with van der Waals surface area (Å²) in [6.45, 7) is 9.09. The number of pyridine rings is 1. The Bertz CT molecular complexity index is 1940. The summed E-state index contributed by atoms with van der Waals surface area (Å²) in [7, 11) is -2.90. The number of carbonyl (C=O) groups excluding carboxylic acids is 1. The molecule has 10 nitrogen and oxygen atoms in total. The van der Waals surface area contributed by atoms with Crippen LogP contribution in [-0.2, 0) is 36.2 Å². The molecule has 1 atom stereocenters. The van der Waals surface area contributed by atoms with Crippen LogP contribution in [-0.4, -0.2) is 45.2 Å². The van der Waals surface area contributed by atoms with Crippen LogP contribution in [0.4, 0.5) is 17.6 Å². The first kappa shape index (κ1) is 33.8. The first-order valence-electron chi connectivity index (χ1n) is 14.3. The zero-order valence-electron chi connectivity index (χ0n) is 26.3. The highest BCUT2D eigenvalue weighted by molar-refractivity contribution is 7.48. The maximum Gasteiger partial charge on any atom is 0.477 e. The predicted molar refractivity (Wildman–Crippen MR) is 161 cm³/mol. The molecule has 46 heavy (non-hydrogen) atoms. The topological polar surface area (TPSA) is 112 Å². The number of phosphoric ester groups is 1. The first-order chi connectivity index (χ1) is 21.3. The number of phosphoric acid groups is 1. The number of amides is 1. The van der Waals surface area contributed by atoms with Gasteiger partial charge >= 0.3 is 7.82 Å². The molecule has 0 aliphatic carbocycles. The van der Waals surface area contributed by atoms with E-state index in [9.17, 15) is 31.7 Å². The second-order valence-electron chi connectivity index (χ2n) is 13.0. The number of rotatable bonds is 7. The highest BCUT2D eigenvalue weighted by atomic mass is 31.2. The summed E-state index contributed by atoms with van der Waals surface area (Å²) in [5.74, 6) is -5.45. The molecule has 0 spiro atoms. The molecule has 1 aliphatic rings. The molecule has 4 aromatic rings. The number of hydrogen-bond acceptors (Lipinski definition) is 7. The number of halogens is 4. The van der Waals surface area contributed by atoms with E-state index in [1.54, 1.807) is 41.5 Å². The Kier molecular flexibility index (Phi) is 8.75. The fraction of sp³-hybridized carbons (Fsp3) is 0.419. The first-order valence-corrected chi connectivity index (χ1v) is 15.8. The Labute approximate surface area is 261 Å². The molecule has 248 valence electrons. The summed E-state index contributed by atoms with van der Waals surface area (Å²) in [5.41, 5.74) is -2.09. The molecule has 1 amide bonds. The highest BCUT2D eigenvalue weighted by Crippen LogP contribution is 2.55. The number of carbonyl (C=O) groups is 1. The van der Waals surface area contributed by atoms with Crippen molar-refractivity contribution in [2.45, 2.75) is 72.1 Å². The lowest BCUT2D eigenvalue weighted by Gasteiger charge is -2.34. The molecule has 0 bridgehead atoms. The van der Waals surface area contributed by atoms with Gasteiger partial charge in [0.05, 0.1) is 41.4 Å². The summed E-state index contributed by atoms with van der Waals surface area (Å²) in [6, 6.07) is 3.86. The van der Waals surface area contributed by atoms with Crippen molar-refractivity contribution in [2.75, 3.05) is 13.7 Å². The van der Waals surface area contributed by atoms with Gasteiger partial charge < -0.3 is 19.2 Å². The van der Waals surface area contributed by atoms with Gasteiger partial charge in [0.25, 0.3) is 11.5 Å². The number of hydrogen-bond donors (Lipinski definition) is 1. The average Bonchev–Trinajstić information content (AvgIpc) is 3.27. The lowest BCUT2D eigenvalue weighted by atomic mass is 9.95. The molecular formula is C31H34F4N3O7P. The third-order valence-corrected chi connectivity index (χ3v) is 9.08. The van der Waals surface area contributed by atoms with Crippen LogP contribution >= 0.6 is 7.82 Å². The monoisotopic (exact) mass is 667 g/mol. The normalized spacial score (nSPS) is 15.8. The Morgan fingerprint density at radius 3 is 2.13 bits per heavy atom. The fourth-order valence-corrected chi connectivity index (χ4v) is 7.05. The zero-order valence-corrected chi connectivity index (χ0v) is 27.2. The van der Waals surface area contributed by atoms with Crippen molar-refractivity contribution in [1.82, 2.24) is 14.5 Å². The van der Waals surface area contributed by atoms with Gasteiger partial charge in [-0.3, -0.25) is 23.2 Å². The fourth-order valence-electron chi connectivity index (χ4n) is 5.31. The van der Waals surface area contributed by atoms with Crippen LogP contribution < -0.4 is 5.56 Å². The largest absolute Gasteiger partial charge is 0.477 e. The number of nitrogens with one attached hydrogen (secondary N) is 1. The van der Waals surface area contributed by atoms with Crippen molar-refractivity contribution < 1.29 is 45.2 Å². The molecule has 3 heterocycles. The van der Waals surface area contributed by atoms with Gasteiger partial charge in [-0.15, -0.1) is 0 Å². The second-order valence-corrected chi connectivity index (χ2v) is 14.5. The van der Waals surface area contributed by atoms with E-state index in [-0.39, 0.29) is 46.3 Å². The van der Waals surface area contributed by atoms with Crippen molar-refractivity contribution >= 4 is 35.4 Å². The van der Waals surface area contributed by atoms with Crippen molar-refractivity contribution in [3.63, 3.8) is 0 Å².